The highest BCUT2D eigenvalue weighted by atomic mass is 16.7. The number of benzene rings is 1. The molecule has 0 aliphatic carbocycles. The van der Waals surface area contributed by atoms with Gasteiger partial charge in [0.1, 0.15) is 6.10 Å². The van der Waals surface area contributed by atoms with Gasteiger partial charge in [-0.15, -0.1) is 0 Å². The van der Waals surface area contributed by atoms with Gasteiger partial charge in [-0.2, -0.15) is 0 Å². The number of hydrogen-bond donors (Lipinski definition) is 0. The summed E-state index contributed by atoms with van der Waals surface area (Å²) in [4.78, 5) is 11.5. The topological polar surface area (TPSA) is 35.5 Å². The van der Waals surface area contributed by atoms with E-state index in [0.717, 1.165) is 18.4 Å². The molecule has 112 valence electrons. The van der Waals surface area contributed by atoms with Crippen LogP contribution >= 0.6 is 0 Å². The molecule has 1 unspecified atom stereocenters. The van der Waals surface area contributed by atoms with Gasteiger partial charge in [-0.3, -0.25) is 0 Å². The number of unbranched alkanes of at least 4 members (excludes halogenated alkanes) is 5. The van der Waals surface area contributed by atoms with Gasteiger partial charge in [0.2, 0.25) is 0 Å². The zero-order chi connectivity index (χ0) is 14.6. The second-order valence-corrected chi connectivity index (χ2v) is 5.04. The number of carbonyl (C=O) groups is 1. The van der Waals surface area contributed by atoms with Crippen molar-refractivity contribution in [2.24, 2.45) is 0 Å². The van der Waals surface area contributed by atoms with Crippen LogP contribution in [-0.2, 0) is 9.47 Å². The lowest BCUT2D eigenvalue weighted by atomic mass is 10.1. The second kappa shape index (κ2) is 10.3. The molecular weight excluding hydrogens is 252 g/mol. The first kappa shape index (κ1) is 16.5. The van der Waals surface area contributed by atoms with E-state index in [1.165, 1.54) is 25.7 Å². The molecule has 1 rings (SSSR count). The third kappa shape index (κ3) is 7.17. The van der Waals surface area contributed by atoms with Crippen LogP contribution < -0.4 is 0 Å². The highest BCUT2D eigenvalue weighted by Crippen LogP contribution is 2.16. The van der Waals surface area contributed by atoms with Crippen LogP contribution in [0.15, 0.2) is 30.3 Å². The third-order valence-electron chi connectivity index (χ3n) is 3.26. The number of ether oxygens (including phenoxy) is 2. The highest BCUT2D eigenvalue weighted by molar-refractivity contribution is 5.60. The van der Waals surface area contributed by atoms with Gasteiger partial charge in [-0.05, 0) is 18.9 Å². The summed E-state index contributed by atoms with van der Waals surface area (Å²) in [7, 11) is 0. The molecule has 3 heteroatoms. The van der Waals surface area contributed by atoms with E-state index in [4.69, 9.17) is 9.47 Å². The van der Waals surface area contributed by atoms with Crippen LogP contribution in [0.3, 0.4) is 0 Å². The normalized spacial score (nSPS) is 11.9. The van der Waals surface area contributed by atoms with Crippen molar-refractivity contribution in [3.05, 3.63) is 35.9 Å². The molecule has 0 aliphatic rings. The fourth-order valence-electron chi connectivity index (χ4n) is 2.01. The van der Waals surface area contributed by atoms with Gasteiger partial charge in [0.05, 0.1) is 6.61 Å². The van der Waals surface area contributed by atoms with E-state index in [1.54, 1.807) is 0 Å². The molecule has 0 spiro atoms. The highest BCUT2D eigenvalue weighted by Gasteiger charge is 2.11. The Hall–Kier alpha value is -1.51. The minimum absolute atomic E-state index is 0.270. The molecule has 0 fully saturated rings. The average molecular weight is 278 g/mol. The van der Waals surface area contributed by atoms with Crippen molar-refractivity contribution in [3.8, 4) is 0 Å². The summed E-state index contributed by atoms with van der Waals surface area (Å²) in [5.41, 5.74) is 0.976. The van der Waals surface area contributed by atoms with Crippen molar-refractivity contribution in [1.82, 2.24) is 0 Å². The van der Waals surface area contributed by atoms with Crippen LogP contribution in [0.2, 0.25) is 0 Å². The van der Waals surface area contributed by atoms with Gasteiger partial charge in [-0.25, -0.2) is 4.79 Å². The summed E-state index contributed by atoms with van der Waals surface area (Å²) in [5.74, 6) is 0. The van der Waals surface area contributed by atoms with Crippen LogP contribution in [-0.4, -0.2) is 12.8 Å². The Labute approximate surface area is 122 Å². The molecule has 0 bridgehead atoms. The molecule has 0 radical (unpaired) electrons. The number of carbonyl (C=O) groups excluding carboxylic acids is 1. The Morgan fingerprint density at radius 3 is 2.40 bits per heavy atom. The SMILES string of the molecule is CCCCCCCCOC(=O)OC(C)c1ccccc1. The Bertz CT molecular complexity index is 362. The third-order valence-corrected chi connectivity index (χ3v) is 3.26. The minimum Gasteiger partial charge on any atom is -0.434 e. The van der Waals surface area contributed by atoms with Crippen LogP contribution in [0.4, 0.5) is 4.79 Å². The first-order valence-corrected chi connectivity index (χ1v) is 7.62. The summed E-state index contributed by atoms with van der Waals surface area (Å²) >= 11 is 0. The van der Waals surface area contributed by atoms with Crippen LogP contribution in [0.5, 0.6) is 0 Å². The van der Waals surface area contributed by atoms with Crippen molar-refractivity contribution in [2.45, 2.75) is 58.5 Å². The zero-order valence-electron chi connectivity index (χ0n) is 12.6. The number of rotatable bonds is 9. The molecule has 1 aromatic carbocycles. The van der Waals surface area contributed by atoms with E-state index >= 15 is 0 Å². The van der Waals surface area contributed by atoms with Crippen molar-refractivity contribution in [2.75, 3.05) is 6.61 Å². The fourth-order valence-corrected chi connectivity index (χ4v) is 2.01. The molecule has 3 nitrogen and oxygen atoms in total. The van der Waals surface area contributed by atoms with E-state index in [1.807, 2.05) is 37.3 Å². The summed E-state index contributed by atoms with van der Waals surface area (Å²) in [6.45, 7) is 4.50. The average Bonchev–Trinajstić information content (AvgIpc) is 2.47. The molecule has 0 heterocycles. The van der Waals surface area contributed by atoms with E-state index in [9.17, 15) is 4.79 Å². The largest absolute Gasteiger partial charge is 0.508 e. The van der Waals surface area contributed by atoms with Gasteiger partial charge in [0.25, 0.3) is 0 Å². The van der Waals surface area contributed by atoms with Gasteiger partial charge < -0.3 is 9.47 Å². The van der Waals surface area contributed by atoms with Gasteiger partial charge in [0.15, 0.2) is 0 Å². The molecule has 20 heavy (non-hydrogen) atoms. The van der Waals surface area contributed by atoms with E-state index in [0.29, 0.717) is 6.61 Å². The quantitative estimate of drug-likeness (QED) is 0.456. The Morgan fingerprint density at radius 1 is 1.05 bits per heavy atom. The van der Waals surface area contributed by atoms with E-state index in [2.05, 4.69) is 6.92 Å². The fraction of sp³-hybridized carbons (Fsp3) is 0.588. The first-order valence-electron chi connectivity index (χ1n) is 7.62. The predicted molar refractivity (Wildman–Crippen MR) is 80.7 cm³/mol. The van der Waals surface area contributed by atoms with Crippen molar-refractivity contribution in [3.63, 3.8) is 0 Å². The molecule has 0 saturated carbocycles. The summed E-state index contributed by atoms with van der Waals surface area (Å²) in [6.07, 6.45) is 6.21. The molecule has 1 atom stereocenters. The van der Waals surface area contributed by atoms with Crippen LogP contribution in [0.25, 0.3) is 0 Å². The van der Waals surface area contributed by atoms with Crippen LogP contribution in [0.1, 0.15) is 64.0 Å². The standard InChI is InChI=1S/C17H26O3/c1-3-4-5-6-7-11-14-19-17(18)20-15(2)16-12-9-8-10-13-16/h8-10,12-13,15H,3-7,11,14H2,1-2H3. The monoisotopic (exact) mass is 278 g/mol. The molecule has 1 aromatic rings. The first-order chi connectivity index (χ1) is 9.74. The lowest BCUT2D eigenvalue weighted by Crippen LogP contribution is -2.11. The van der Waals surface area contributed by atoms with Gasteiger partial charge >= 0.3 is 6.16 Å². The summed E-state index contributed by atoms with van der Waals surface area (Å²) in [6, 6.07) is 9.66. The van der Waals surface area contributed by atoms with Crippen LogP contribution in [0, 0.1) is 0 Å². The lowest BCUT2D eigenvalue weighted by Gasteiger charge is -2.13. The Morgan fingerprint density at radius 2 is 1.70 bits per heavy atom. The molecular formula is C17H26O3. The van der Waals surface area contributed by atoms with E-state index < -0.39 is 6.16 Å². The maximum absolute atomic E-state index is 11.5. The van der Waals surface area contributed by atoms with Crippen molar-refractivity contribution in [1.29, 1.82) is 0 Å². The Balaban J connectivity index is 2.08. The van der Waals surface area contributed by atoms with Crippen molar-refractivity contribution < 1.29 is 14.3 Å². The van der Waals surface area contributed by atoms with Gasteiger partial charge in [0, 0.05) is 0 Å². The second-order valence-electron chi connectivity index (χ2n) is 5.04. The predicted octanol–water partition coefficient (Wildman–Crippen LogP) is 5.26. The molecule has 0 amide bonds. The molecule has 0 saturated heterocycles. The maximum Gasteiger partial charge on any atom is 0.508 e. The lowest BCUT2D eigenvalue weighted by molar-refractivity contribution is 0.0277. The smallest absolute Gasteiger partial charge is 0.434 e. The molecule has 0 N–H and O–H groups in total. The van der Waals surface area contributed by atoms with Gasteiger partial charge in [-0.1, -0.05) is 69.4 Å². The number of hydrogen-bond acceptors (Lipinski definition) is 3. The minimum atomic E-state index is -0.574. The summed E-state index contributed by atoms with van der Waals surface area (Å²) < 4.78 is 10.3. The summed E-state index contributed by atoms with van der Waals surface area (Å²) in [5, 5.41) is 0. The van der Waals surface area contributed by atoms with E-state index in [-0.39, 0.29) is 6.10 Å². The van der Waals surface area contributed by atoms with Crippen molar-refractivity contribution >= 4 is 6.16 Å². The molecule has 0 aliphatic heterocycles. The zero-order valence-corrected chi connectivity index (χ0v) is 12.6. The maximum atomic E-state index is 11.5. The molecule has 0 aromatic heterocycles. The Kier molecular flexibility index (Phi) is 8.52.